The second-order valence-corrected chi connectivity index (χ2v) is 4.34. The van der Waals surface area contributed by atoms with Crippen molar-refractivity contribution in [3.05, 3.63) is 65.7 Å². The summed E-state index contributed by atoms with van der Waals surface area (Å²) in [5, 5.41) is 12.6. The molecule has 1 atom stereocenters. The Hall–Kier alpha value is -2.33. The number of aliphatic hydroxyl groups excluding tert-OH is 1. The lowest BCUT2D eigenvalue weighted by Crippen LogP contribution is -2.17. The molecule has 0 aliphatic carbocycles. The van der Waals surface area contributed by atoms with Gasteiger partial charge < -0.3 is 15.2 Å². The lowest BCUT2D eigenvalue weighted by atomic mass is 10.1. The van der Waals surface area contributed by atoms with E-state index in [0.29, 0.717) is 11.3 Å². The van der Waals surface area contributed by atoms with Gasteiger partial charge in [0.25, 0.3) is 5.91 Å². The van der Waals surface area contributed by atoms with Crippen LogP contribution in [-0.2, 0) is 0 Å². The number of rotatable bonds is 5. The summed E-state index contributed by atoms with van der Waals surface area (Å²) in [5.41, 5.74) is 1.33. The number of aliphatic hydroxyl groups is 1. The highest BCUT2D eigenvalue weighted by Gasteiger charge is 2.09. The number of amides is 1. The van der Waals surface area contributed by atoms with Gasteiger partial charge in [-0.3, -0.25) is 4.79 Å². The number of carbonyl (C=O) groups is 1. The number of benzene rings is 2. The van der Waals surface area contributed by atoms with Crippen molar-refractivity contribution >= 4 is 5.91 Å². The summed E-state index contributed by atoms with van der Waals surface area (Å²) in [7, 11) is 1.58. The van der Waals surface area contributed by atoms with Crippen LogP contribution in [0.2, 0.25) is 0 Å². The molecule has 1 amide bonds. The van der Waals surface area contributed by atoms with Gasteiger partial charge >= 0.3 is 0 Å². The highest BCUT2D eigenvalue weighted by molar-refractivity contribution is 5.94. The molecule has 0 saturated carbocycles. The Morgan fingerprint density at radius 2 is 1.95 bits per heavy atom. The van der Waals surface area contributed by atoms with Gasteiger partial charge in [0, 0.05) is 12.6 Å². The van der Waals surface area contributed by atoms with E-state index < -0.39 is 6.10 Å². The van der Waals surface area contributed by atoms with Crippen LogP contribution < -0.4 is 10.1 Å². The second-order valence-electron chi connectivity index (χ2n) is 4.34. The molecule has 2 aromatic carbocycles. The molecule has 0 saturated heterocycles. The first-order chi connectivity index (χ1) is 9.70. The summed E-state index contributed by atoms with van der Waals surface area (Å²) < 4.78 is 5.53. The summed E-state index contributed by atoms with van der Waals surface area (Å²) in [6.07, 6.45) is -0.695. The minimum atomic E-state index is -0.695. The van der Waals surface area contributed by atoms with Crippen LogP contribution in [0.3, 0.4) is 0 Å². The van der Waals surface area contributed by atoms with Crippen LogP contribution >= 0.6 is 0 Å². The summed E-state index contributed by atoms with van der Waals surface area (Å²) >= 11 is 0. The number of nitrogens with one attached hydrogen (secondary N) is 1. The van der Waals surface area contributed by atoms with E-state index in [4.69, 9.17) is 4.74 Å². The van der Waals surface area contributed by atoms with Crippen LogP contribution in [-0.4, -0.2) is 24.7 Å². The molecule has 0 radical (unpaired) electrons. The molecule has 2 rings (SSSR count). The van der Waals surface area contributed by atoms with Crippen molar-refractivity contribution in [2.75, 3.05) is 13.7 Å². The molecule has 20 heavy (non-hydrogen) atoms. The second kappa shape index (κ2) is 6.73. The molecule has 0 spiro atoms. The zero-order chi connectivity index (χ0) is 14.4. The van der Waals surface area contributed by atoms with E-state index in [9.17, 15) is 9.90 Å². The third-order valence-electron chi connectivity index (χ3n) is 2.92. The molecule has 0 aliphatic rings. The first-order valence-electron chi connectivity index (χ1n) is 6.38. The summed E-state index contributed by atoms with van der Waals surface area (Å²) in [6.45, 7) is 0.140. The topological polar surface area (TPSA) is 58.6 Å². The SMILES string of the molecule is CNC(=O)c1cccc(OCC(O)c2ccccc2)c1. The van der Waals surface area contributed by atoms with E-state index in [2.05, 4.69) is 5.32 Å². The van der Waals surface area contributed by atoms with Gasteiger partial charge in [0.05, 0.1) is 0 Å². The largest absolute Gasteiger partial charge is 0.491 e. The van der Waals surface area contributed by atoms with Crippen molar-refractivity contribution in [3.63, 3.8) is 0 Å². The van der Waals surface area contributed by atoms with E-state index in [1.54, 1.807) is 31.3 Å². The lowest BCUT2D eigenvalue weighted by Gasteiger charge is -2.13. The average molecular weight is 271 g/mol. The Labute approximate surface area is 118 Å². The molecule has 0 fully saturated rings. The Kier molecular flexibility index (Phi) is 4.74. The molecule has 2 aromatic rings. The van der Waals surface area contributed by atoms with Crippen LogP contribution in [0.15, 0.2) is 54.6 Å². The summed E-state index contributed by atoms with van der Waals surface area (Å²) in [5.74, 6) is 0.389. The van der Waals surface area contributed by atoms with Crippen molar-refractivity contribution in [2.45, 2.75) is 6.10 Å². The Bertz CT molecular complexity index is 569. The summed E-state index contributed by atoms with van der Waals surface area (Å²) in [6, 6.07) is 16.2. The lowest BCUT2D eigenvalue weighted by molar-refractivity contribution is 0.0961. The van der Waals surface area contributed by atoms with Crippen molar-refractivity contribution in [3.8, 4) is 5.75 Å². The molecule has 4 heteroatoms. The van der Waals surface area contributed by atoms with Crippen LogP contribution in [0.4, 0.5) is 0 Å². The third-order valence-corrected chi connectivity index (χ3v) is 2.92. The molecule has 0 aromatic heterocycles. The number of carbonyl (C=O) groups excluding carboxylic acids is 1. The first kappa shape index (κ1) is 14.1. The average Bonchev–Trinajstić information content (AvgIpc) is 2.53. The fourth-order valence-corrected chi connectivity index (χ4v) is 1.82. The van der Waals surface area contributed by atoms with E-state index in [1.165, 1.54) is 0 Å². The predicted octanol–water partition coefficient (Wildman–Crippen LogP) is 2.16. The number of hydrogen-bond donors (Lipinski definition) is 2. The molecular weight excluding hydrogens is 254 g/mol. The minimum Gasteiger partial charge on any atom is -0.491 e. The molecule has 4 nitrogen and oxygen atoms in total. The maximum absolute atomic E-state index is 11.5. The Morgan fingerprint density at radius 1 is 1.20 bits per heavy atom. The van der Waals surface area contributed by atoms with Gasteiger partial charge in [-0.2, -0.15) is 0 Å². The summed E-state index contributed by atoms with van der Waals surface area (Å²) in [4.78, 5) is 11.5. The highest BCUT2D eigenvalue weighted by atomic mass is 16.5. The van der Waals surface area contributed by atoms with E-state index >= 15 is 0 Å². The fraction of sp³-hybridized carbons (Fsp3) is 0.188. The molecule has 2 N–H and O–H groups in total. The quantitative estimate of drug-likeness (QED) is 0.876. The van der Waals surface area contributed by atoms with Crippen molar-refractivity contribution < 1.29 is 14.6 Å². The zero-order valence-corrected chi connectivity index (χ0v) is 11.2. The van der Waals surface area contributed by atoms with Crippen molar-refractivity contribution in [2.24, 2.45) is 0 Å². The predicted molar refractivity (Wildman–Crippen MR) is 76.7 cm³/mol. The molecule has 0 bridgehead atoms. The molecular formula is C16H17NO3. The van der Waals surface area contributed by atoms with E-state index in [1.807, 2.05) is 30.3 Å². The van der Waals surface area contributed by atoms with E-state index in [0.717, 1.165) is 5.56 Å². The van der Waals surface area contributed by atoms with E-state index in [-0.39, 0.29) is 12.5 Å². The van der Waals surface area contributed by atoms with Gasteiger partial charge in [0.15, 0.2) is 0 Å². The zero-order valence-electron chi connectivity index (χ0n) is 11.2. The molecule has 0 aliphatic heterocycles. The van der Waals surface area contributed by atoms with Crippen molar-refractivity contribution in [1.82, 2.24) is 5.32 Å². The van der Waals surface area contributed by atoms with Gasteiger partial charge in [-0.15, -0.1) is 0 Å². The van der Waals surface area contributed by atoms with Crippen LogP contribution in [0, 0.1) is 0 Å². The fourth-order valence-electron chi connectivity index (χ4n) is 1.82. The van der Waals surface area contributed by atoms with Crippen LogP contribution in [0.1, 0.15) is 22.0 Å². The van der Waals surface area contributed by atoms with Gasteiger partial charge in [0.1, 0.15) is 18.5 Å². The van der Waals surface area contributed by atoms with Gasteiger partial charge in [-0.05, 0) is 23.8 Å². The third kappa shape index (κ3) is 3.59. The van der Waals surface area contributed by atoms with Gasteiger partial charge in [-0.25, -0.2) is 0 Å². The minimum absolute atomic E-state index is 0.140. The van der Waals surface area contributed by atoms with Gasteiger partial charge in [-0.1, -0.05) is 36.4 Å². The molecule has 104 valence electrons. The Morgan fingerprint density at radius 3 is 2.65 bits per heavy atom. The smallest absolute Gasteiger partial charge is 0.251 e. The maximum Gasteiger partial charge on any atom is 0.251 e. The first-order valence-corrected chi connectivity index (χ1v) is 6.38. The monoisotopic (exact) mass is 271 g/mol. The standard InChI is InChI=1S/C16H17NO3/c1-17-16(19)13-8-5-9-14(10-13)20-11-15(18)12-6-3-2-4-7-12/h2-10,15,18H,11H2,1H3,(H,17,19). The Balaban J connectivity index is 1.99. The number of hydrogen-bond acceptors (Lipinski definition) is 3. The van der Waals surface area contributed by atoms with Crippen LogP contribution in [0.25, 0.3) is 0 Å². The molecule has 0 heterocycles. The van der Waals surface area contributed by atoms with Gasteiger partial charge in [0.2, 0.25) is 0 Å². The normalized spacial score (nSPS) is 11.7. The highest BCUT2D eigenvalue weighted by Crippen LogP contribution is 2.17. The van der Waals surface area contributed by atoms with Crippen molar-refractivity contribution in [1.29, 1.82) is 0 Å². The van der Waals surface area contributed by atoms with Crippen LogP contribution in [0.5, 0.6) is 5.75 Å². The number of ether oxygens (including phenoxy) is 1. The maximum atomic E-state index is 11.5. The molecule has 1 unspecified atom stereocenters.